The van der Waals surface area contributed by atoms with Gasteiger partial charge in [-0.25, -0.2) is 0 Å². The molecule has 3 heteroatoms. The van der Waals surface area contributed by atoms with Crippen LogP contribution in [0.25, 0.3) is 0 Å². The molecule has 0 aromatic carbocycles. The number of methoxy groups -OCH3 is 1. The molecule has 1 aliphatic rings. The Balaban J connectivity index is 2.30. The second-order valence-electron chi connectivity index (χ2n) is 4.28. The van der Waals surface area contributed by atoms with E-state index >= 15 is 0 Å². The Bertz CT molecular complexity index is 194. The largest absolute Gasteiger partial charge is 0.469 e. The Morgan fingerprint density at radius 2 is 2.36 bits per heavy atom. The van der Waals surface area contributed by atoms with Gasteiger partial charge in [0.05, 0.1) is 13.0 Å². The quantitative estimate of drug-likeness (QED) is 0.643. The van der Waals surface area contributed by atoms with Gasteiger partial charge in [-0.2, -0.15) is 0 Å². The van der Waals surface area contributed by atoms with E-state index in [1.165, 1.54) is 13.5 Å². The van der Waals surface area contributed by atoms with Gasteiger partial charge in [0, 0.05) is 13.1 Å². The summed E-state index contributed by atoms with van der Waals surface area (Å²) < 4.78 is 4.75. The van der Waals surface area contributed by atoms with Gasteiger partial charge in [-0.3, -0.25) is 4.79 Å². The average molecular weight is 199 g/mol. The Morgan fingerprint density at radius 1 is 1.64 bits per heavy atom. The predicted octanol–water partition coefficient (Wildman–Crippen LogP) is 1.53. The molecule has 2 atom stereocenters. The fourth-order valence-corrected chi connectivity index (χ4v) is 1.93. The molecule has 1 saturated heterocycles. The lowest BCUT2D eigenvalue weighted by Crippen LogP contribution is -2.28. The normalized spacial score (nSPS) is 24.9. The van der Waals surface area contributed by atoms with Crippen LogP contribution in [0.1, 0.15) is 26.7 Å². The van der Waals surface area contributed by atoms with Crippen molar-refractivity contribution in [2.75, 3.05) is 26.7 Å². The topological polar surface area (TPSA) is 29.5 Å². The van der Waals surface area contributed by atoms with E-state index in [1.807, 2.05) is 0 Å². The van der Waals surface area contributed by atoms with Crippen molar-refractivity contribution in [2.24, 2.45) is 11.8 Å². The van der Waals surface area contributed by atoms with Crippen LogP contribution in [0.2, 0.25) is 0 Å². The van der Waals surface area contributed by atoms with E-state index in [9.17, 15) is 4.79 Å². The Morgan fingerprint density at radius 3 is 2.93 bits per heavy atom. The first-order chi connectivity index (χ1) is 6.67. The molecule has 0 bridgehead atoms. The summed E-state index contributed by atoms with van der Waals surface area (Å²) in [6.45, 7) is 7.51. The van der Waals surface area contributed by atoms with Crippen LogP contribution in [0.4, 0.5) is 0 Å². The molecule has 1 rings (SSSR count). The fourth-order valence-electron chi connectivity index (χ4n) is 1.93. The van der Waals surface area contributed by atoms with E-state index < -0.39 is 0 Å². The fraction of sp³-hybridized carbons (Fsp3) is 0.909. The molecule has 0 aliphatic carbocycles. The van der Waals surface area contributed by atoms with Gasteiger partial charge in [0.1, 0.15) is 0 Å². The number of hydrogen-bond donors (Lipinski definition) is 0. The summed E-state index contributed by atoms with van der Waals surface area (Å²) in [7, 11) is 1.47. The SMILES string of the molecule is CCC(C)CN1CCC(C(=O)OC)C1. The molecule has 3 nitrogen and oxygen atoms in total. The number of hydrogen-bond acceptors (Lipinski definition) is 3. The average Bonchev–Trinajstić information content (AvgIpc) is 2.65. The van der Waals surface area contributed by atoms with E-state index in [2.05, 4.69) is 18.7 Å². The number of likely N-dealkylation sites (tertiary alicyclic amines) is 1. The molecular weight excluding hydrogens is 178 g/mol. The molecule has 0 spiro atoms. The lowest BCUT2D eigenvalue weighted by molar-refractivity contribution is -0.144. The highest BCUT2D eigenvalue weighted by molar-refractivity contribution is 5.72. The highest BCUT2D eigenvalue weighted by Gasteiger charge is 2.29. The molecule has 1 aliphatic heterocycles. The minimum atomic E-state index is -0.0448. The van der Waals surface area contributed by atoms with Gasteiger partial charge in [-0.05, 0) is 18.9 Å². The van der Waals surface area contributed by atoms with Gasteiger partial charge in [-0.1, -0.05) is 20.3 Å². The Labute approximate surface area is 86.4 Å². The van der Waals surface area contributed by atoms with Crippen molar-refractivity contribution >= 4 is 5.97 Å². The molecule has 0 aromatic heterocycles. The van der Waals surface area contributed by atoms with Gasteiger partial charge in [0.25, 0.3) is 0 Å². The van der Waals surface area contributed by atoms with E-state index in [-0.39, 0.29) is 11.9 Å². The molecule has 0 aromatic rings. The monoisotopic (exact) mass is 199 g/mol. The molecule has 0 amide bonds. The lowest BCUT2D eigenvalue weighted by atomic mass is 10.1. The first-order valence-electron chi connectivity index (χ1n) is 5.47. The van der Waals surface area contributed by atoms with Crippen molar-refractivity contribution in [1.82, 2.24) is 4.90 Å². The van der Waals surface area contributed by atoms with Crippen molar-refractivity contribution in [3.8, 4) is 0 Å². The smallest absolute Gasteiger partial charge is 0.310 e. The summed E-state index contributed by atoms with van der Waals surface area (Å²) in [6.07, 6.45) is 2.17. The summed E-state index contributed by atoms with van der Waals surface area (Å²) in [6, 6.07) is 0. The number of rotatable bonds is 4. The van der Waals surface area contributed by atoms with Gasteiger partial charge in [-0.15, -0.1) is 0 Å². The van der Waals surface area contributed by atoms with Crippen molar-refractivity contribution in [2.45, 2.75) is 26.7 Å². The first-order valence-corrected chi connectivity index (χ1v) is 5.47. The van der Waals surface area contributed by atoms with Crippen LogP contribution in [0.3, 0.4) is 0 Å². The molecule has 0 saturated carbocycles. The van der Waals surface area contributed by atoms with Gasteiger partial charge >= 0.3 is 5.97 Å². The molecule has 0 N–H and O–H groups in total. The molecular formula is C11H21NO2. The highest BCUT2D eigenvalue weighted by Crippen LogP contribution is 2.19. The Kier molecular flexibility index (Phi) is 4.39. The molecule has 1 fully saturated rings. The van der Waals surface area contributed by atoms with Crippen molar-refractivity contribution < 1.29 is 9.53 Å². The summed E-state index contributed by atoms with van der Waals surface area (Å²) in [4.78, 5) is 13.6. The first kappa shape index (κ1) is 11.5. The zero-order chi connectivity index (χ0) is 10.6. The predicted molar refractivity (Wildman–Crippen MR) is 56.0 cm³/mol. The number of nitrogens with zero attached hydrogens (tertiary/aromatic N) is 1. The highest BCUT2D eigenvalue weighted by atomic mass is 16.5. The number of esters is 1. The zero-order valence-corrected chi connectivity index (χ0v) is 9.45. The second kappa shape index (κ2) is 5.35. The molecule has 82 valence electrons. The van der Waals surface area contributed by atoms with E-state index in [0.717, 1.165) is 32.0 Å². The number of carbonyl (C=O) groups is 1. The number of ether oxygens (including phenoxy) is 1. The van der Waals surface area contributed by atoms with Crippen LogP contribution in [0.5, 0.6) is 0 Å². The second-order valence-corrected chi connectivity index (χ2v) is 4.28. The van der Waals surface area contributed by atoms with E-state index in [4.69, 9.17) is 4.74 Å². The van der Waals surface area contributed by atoms with Crippen LogP contribution in [-0.4, -0.2) is 37.6 Å². The third-order valence-electron chi connectivity index (χ3n) is 3.07. The maximum absolute atomic E-state index is 11.3. The molecule has 2 unspecified atom stereocenters. The minimum absolute atomic E-state index is 0.0448. The van der Waals surface area contributed by atoms with Crippen LogP contribution >= 0.6 is 0 Å². The molecule has 1 heterocycles. The van der Waals surface area contributed by atoms with Gasteiger partial charge in [0.15, 0.2) is 0 Å². The standard InChI is InChI=1S/C11H21NO2/c1-4-9(2)7-12-6-5-10(8-12)11(13)14-3/h9-10H,4-8H2,1-3H3. The van der Waals surface area contributed by atoms with Crippen molar-refractivity contribution in [3.05, 3.63) is 0 Å². The van der Waals surface area contributed by atoms with Crippen LogP contribution in [0.15, 0.2) is 0 Å². The maximum atomic E-state index is 11.3. The summed E-state index contributed by atoms with van der Waals surface area (Å²) in [5, 5.41) is 0. The number of carbonyl (C=O) groups excluding carboxylic acids is 1. The van der Waals surface area contributed by atoms with E-state index in [0.29, 0.717) is 0 Å². The van der Waals surface area contributed by atoms with Gasteiger partial charge in [0.2, 0.25) is 0 Å². The summed E-state index contributed by atoms with van der Waals surface area (Å²) >= 11 is 0. The Hall–Kier alpha value is -0.570. The van der Waals surface area contributed by atoms with Gasteiger partial charge < -0.3 is 9.64 Å². The van der Waals surface area contributed by atoms with Crippen molar-refractivity contribution in [3.63, 3.8) is 0 Å². The van der Waals surface area contributed by atoms with Crippen LogP contribution < -0.4 is 0 Å². The maximum Gasteiger partial charge on any atom is 0.310 e. The van der Waals surface area contributed by atoms with Crippen LogP contribution in [-0.2, 0) is 9.53 Å². The lowest BCUT2D eigenvalue weighted by Gasteiger charge is -2.19. The van der Waals surface area contributed by atoms with Crippen molar-refractivity contribution in [1.29, 1.82) is 0 Å². The van der Waals surface area contributed by atoms with Crippen LogP contribution in [0, 0.1) is 11.8 Å². The summed E-state index contributed by atoms with van der Waals surface area (Å²) in [5.41, 5.74) is 0. The minimum Gasteiger partial charge on any atom is -0.469 e. The third-order valence-corrected chi connectivity index (χ3v) is 3.07. The van der Waals surface area contributed by atoms with E-state index in [1.54, 1.807) is 0 Å². The summed E-state index contributed by atoms with van der Waals surface area (Å²) in [5.74, 6) is 0.798. The molecule has 0 radical (unpaired) electrons. The third kappa shape index (κ3) is 2.98. The zero-order valence-electron chi connectivity index (χ0n) is 9.45. The molecule has 14 heavy (non-hydrogen) atoms.